The van der Waals surface area contributed by atoms with Crippen molar-refractivity contribution in [2.24, 2.45) is 0 Å². The highest BCUT2D eigenvalue weighted by molar-refractivity contribution is 5.58. The van der Waals surface area contributed by atoms with Crippen LogP contribution in [0.3, 0.4) is 0 Å². The van der Waals surface area contributed by atoms with Gasteiger partial charge in [-0.25, -0.2) is 9.97 Å². The summed E-state index contributed by atoms with van der Waals surface area (Å²) in [7, 11) is 2.05. The molecule has 0 bridgehead atoms. The van der Waals surface area contributed by atoms with E-state index in [0.717, 1.165) is 37.6 Å². The third-order valence-corrected chi connectivity index (χ3v) is 3.06. The normalized spacial score (nSPS) is 10.9. The van der Waals surface area contributed by atoms with Crippen molar-refractivity contribution in [3.05, 3.63) is 11.9 Å². The first kappa shape index (κ1) is 16.7. The second-order valence-corrected chi connectivity index (χ2v) is 5.15. The molecule has 0 atom stereocenters. The van der Waals surface area contributed by atoms with Gasteiger partial charge in [-0.3, -0.25) is 0 Å². The van der Waals surface area contributed by atoms with Crippen LogP contribution in [0.15, 0.2) is 6.33 Å². The van der Waals surface area contributed by atoms with Crippen LogP contribution in [-0.4, -0.2) is 42.8 Å². The van der Waals surface area contributed by atoms with E-state index in [1.807, 2.05) is 0 Å². The first-order valence-corrected chi connectivity index (χ1v) is 7.50. The number of likely N-dealkylation sites (N-methyl/N-ethyl adjacent to an activating group) is 1. The van der Waals surface area contributed by atoms with Gasteiger partial charge in [0.2, 0.25) is 0 Å². The summed E-state index contributed by atoms with van der Waals surface area (Å²) < 4.78 is 5.60. The minimum Gasteiger partial charge on any atom is -0.377 e. The Morgan fingerprint density at radius 2 is 2.05 bits per heavy atom. The average Bonchev–Trinajstić information content (AvgIpc) is 2.43. The number of nitrogens with zero attached hydrogens (tertiary/aromatic N) is 3. The maximum absolute atomic E-state index is 5.60. The molecule has 0 saturated carbocycles. The van der Waals surface area contributed by atoms with Crippen LogP contribution in [-0.2, 0) is 11.2 Å². The lowest BCUT2D eigenvalue weighted by Gasteiger charge is -2.22. The molecule has 0 spiro atoms. The first-order valence-electron chi connectivity index (χ1n) is 7.50. The Kier molecular flexibility index (Phi) is 7.30. The highest BCUT2D eigenvalue weighted by atomic mass is 16.5. The molecule has 0 unspecified atom stereocenters. The van der Waals surface area contributed by atoms with Crippen molar-refractivity contribution in [1.29, 1.82) is 0 Å². The summed E-state index contributed by atoms with van der Waals surface area (Å²) in [4.78, 5) is 10.9. The maximum Gasteiger partial charge on any atom is 0.137 e. The van der Waals surface area contributed by atoms with Gasteiger partial charge in [-0.2, -0.15) is 0 Å². The van der Waals surface area contributed by atoms with Gasteiger partial charge in [-0.05, 0) is 26.7 Å². The number of nitrogens with one attached hydrogen (secondary N) is 1. The molecular formula is C15H28N4O. The molecule has 1 aromatic heterocycles. The Morgan fingerprint density at radius 1 is 1.30 bits per heavy atom. The molecule has 0 saturated heterocycles. The van der Waals surface area contributed by atoms with E-state index in [2.05, 4.69) is 54.9 Å². The zero-order valence-electron chi connectivity index (χ0n) is 13.4. The van der Waals surface area contributed by atoms with E-state index in [1.165, 1.54) is 5.56 Å². The van der Waals surface area contributed by atoms with E-state index in [1.54, 1.807) is 6.33 Å². The summed E-state index contributed by atoms with van der Waals surface area (Å²) in [5.41, 5.74) is 1.17. The van der Waals surface area contributed by atoms with Gasteiger partial charge in [0, 0.05) is 25.7 Å². The first-order chi connectivity index (χ1) is 9.60. The van der Waals surface area contributed by atoms with Crippen LogP contribution in [0, 0.1) is 0 Å². The van der Waals surface area contributed by atoms with E-state index in [-0.39, 0.29) is 6.10 Å². The monoisotopic (exact) mass is 280 g/mol. The molecule has 0 aliphatic heterocycles. The van der Waals surface area contributed by atoms with E-state index >= 15 is 0 Å². The molecular weight excluding hydrogens is 252 g/mol. The van der Waals surface area contributed by atoms with Gasteiger partial charge in [0.25, 0.3) is 0 Å². The highest BCUT2D eigenvalue weighted by Crippen LogP contribution is 2.23. The van der Waals surface area contributed by atoms with Crippen molar-refractivity contribution in [3.8, 4) is 0 Å². The lowest BCUT2D eigenvalue weighted by Crippen LogP contribution is -2.26. The van der Waals surface area contributed by atoms with E-state index in [0.29, 0.717) is 6.61 Å². The summed E-state index contributed by atoms with van der Waals surface area (Å²) in [6.07, 6.45) is 3.89. The molecule has 0 aromatic carbocycles. The fraction of sp³-hybridized carbons (Fsp3) is 0.733. The quantitative estimate of drug-likeness (QED) is 0.753. The third-order valence-electron chi connectivity index (χ3n) is 3.06. The van der Waals surface area contributed by atoms with Crippen molar-refractivity contribution in [2.75, 3.05) is 37.0 Å². The Bertz CT molecular complexity index is 395. The van der Waals surface area contributed by atoms with Crippen molar-refractivity contribution in [2.45, 2.75) is 46.6 Å². The number of ether oxygens (including phenoxy) is 1. The number of anilines is 2. The fourth-order valence-electron chi connectivity index (χ4n) is 1.98. The average molecular weight is 280 g/mol. The number of aromatic nitrogens is 2. The molecule has 1 heterocycles. The van der Waals surface area contributed by atoms with E-state index < -0.39 is 0 Å². The largest absolute Gasteiger partial charge is 0.377 e. The Hall–Kier alpha value is -1.36. The van der Waals surface area contributed by atoms with Gasteiger partial charge in [-0.1, -0.05) is 13.8 Å². The highest BCUT2D eigenvalue weighted by Gasteiger charge is 2.13. The number of hydrogen-bond donors (Lipinski definition) is 1. The second kappa shape index (κ2) is 8.74. The minimum absolute atomic E-state index is 0.265. The van der Waals surface area contributed by atoms with Crippen molar-refractivity contribution < 1.29 is 4.74 Å². The molecule has 0 aliphatic carbocycles. The van der Waals surface area contributed by atoms with Gasteiger partial charge in [0.1, 0.15) is 18.0 Å². The summed E-state index contributed by atoms with van der Waals surface area (Å²) in [5.74, 6) is 1.95. The van der Waals surface area contributed by atoms with Gasteiger partial charge in [0.15, 0.2) is 0 Å². The zero-order chi connectivity index (χ0) is 15.0. The van der Waals surface area contributed by atoms with Crippen LogP contribution in [0.1, 0.15) is 39.7 Å². The van der Waals surface area contributed by atoms with Crippen LogP contribution < -0.4 is 10.2 Å². The Balaban J connectivity index is 2.76. The topological polar surface area (TPSA) is 50.3 Å². The molecule has 0 radical (unpaired) electrons. The van der Waals surface area contributed by atoms with Crippen molar-refractivity contribution >= 4 is 11.6 Å². The summed E-state index contributed by atoms with van der Waals surface area (Å²) in [6, 6.07) is 0. The van der Waals surface area contributed by atoms with Crippen LogP contribution >= 0.6 is 0 Å². The number of hydrogen-bond acceptors (Lipinski definition) is 5. The molecule has 20 heavy (non-hydrogen) atoms. The summed E-state index contributed by atoms with van der Waals surface area (Å²) in [5, 5.41) is 3.37. The van der Waals surface area contributed by atoms with Crippen LogP contribution in [0.5, 0.6) is 0 Å². The molecule has 5 heteroatoms. The minimum atomic E-state index is 0.265. The predicted octanol–water partition coefficient (Wildman–Crippen LogP) is 2.72. The van der Waals surface area contributed by atoms with E-state index in [4.69, 9.17) is 4.74 Å². The van der Waals surface area contributed by atoms with Crippen LogP contribution in [0.25, 0.3) is 0 Å². The molecule has 0 fully saturated rings. The Morgan fingerprint density at radius 3 is 2.65 bits per heavy atom. The molecule has 1 N–H and O–H groups in total. The molecule has 0 aliphatic rings. The van der Waals surface area contributed by atoms with Crippen molar-refractivity contribution in [3.63, 3.8) is 0 Å². The molecule has 1 rings (SSSR count). The van der Waals surface area contributed by atoms with Gasteiger partial charge in [0.05, 0.1) is 12.7 Å². The zero-order valence-corrected chi connectivity index (χ0v) is 13.4. The second-order valence-electron chi connectivity index (χ2n) is 5.15. The summed E-state index contributed by atoms with van der Waals surface area (Å²) in [6.45, 7) is 10.9. The van der Waals surface area contributed by atoms with Crippen LogP contribution in [0.2, 0.25) is 0 Å². The lowest BCUT2D eigenvalue weighted by atomic mass is 10.2. The third kappa shape index (κ3) is 4.96. The smallest absolute Gasteiger partial charge is 0.137 e. The number of rotatable bonds is 9. The van der Waals surface area contributed by atoms with Crippen LogP contribution in [0.4, 0.5) is 11.6 Å². The van der Waals surface area contributed by atoms with E-state index in [9.17, 15) is 0 Å². The fourth-order valence-corrected chi connectivity index (χ4v) is 1.98. The molecule has 5 nitrogen and oxygen atoms in total. The molecule has 0 amide bonds. The Labute approximate surface area is 122 Å². The lowest BCUT2D eigenvalue weighted by molar-refractivity contribution is 0.0845. The van der Waals surface area contributed by atoms with Gasteiger partial charge in [-0.15, -0.1) is 0 Å². The molecule has 114 valence electrons. The summed E-state index contributed by atoms with van der Waals surface area (Å²) >= 11 is 0. The van der Waals surface area contributed by atoms with Crippen molar-refractivity contribution in [1.82, 2.24) is 9.97 Å². The standard InChI is InChI=1S/C15H28N4O/c1-6-8-16-14-13(7-2)15(18-11-17-14)19(5)9-10-20-12(3)4/h11-12H,6-10H2,1-5H3,(H,16,17,18). The predicted molar refractivity (Wildman–Crippen MR) is 84.5 cm³/mol. The SMILES string of the molecule is CCCNc1ncnc(N(C)CCOC(C)C)c1CC. The van der Waals surface area contributed by atoms with Gasteiger partial charge < -0.3 is 15.0 Å². The molecule has 1 aromatic rings. The maximum atomic E-state index is 5.60. The van der Waals surface area contributed by atoms with Gasteiger partial charge >= 0.3 is 0 Å².